The van der Waals surface area contributed by atoms with E-state index in [-0.39, 0.29) is 22.9 Å². The lowest BCUT2D eigenvalue weighted by Crippen LogP contribution is -2.36. The number of aryl methyl sites for hydroxylation is 1. The molecule has 4 rings (SSSR count). The molecule has 1 N–H and O–H groups in total. The Balaban J connectivity index is 1.68. The highest BCUT2D eigenvalue weighted by Gasteiger charge is 2.23. The van der Waals surface area contributed by atoms with E-state index in [0.717, 1.165) is 31.4 Å². The maximum absolute atomic E-state index is 13.4. The molecule has 0 aliphatic heterocycles. The molecule has 0 radical (unpaired) electrons. The second kappa shape index (κ2) is 9.55. The maximum Gasteiger partial charge on any atom is 0.259 e. The number of nitrogens with zero attached hydrogens (tertiary/aromatic N) is 3. The van der Waals surface area contributed by atoms with E-state index in [1.807, 2.05) is 31.4 Å². The molecule has 1 aliphatic carbocycles. The third-order valence-electron chi connectivity index (χ3n) is 6.18. The van der Waals surface area contributed by atoms with Crippen molar-refractivity contribution in [2.24, 2.45) is 0 Å². The summed E-state index contributed by atoms with van der Waals surface area (Å²) in [6.45, 7) is 8.03. The van der Waals surface area contributed by atoms with E-state index in [2.05, 4.69) is 34.6 Å². The molecular formula is C26H32N4O2. The van der Waals surface area contributed by atoms with Crippen molar-refractivity contribution in [3.8, 4) is 0 Å². The second-order valence-corrected chi connectivity index (χ2v) is 8.56. The molecule has 1 aromatic carbocycles. The van der Waals surface area contributed by atoms with Gasteiger partial charge in [0.15, 0.2) is 0 Å². The molecule has 168 valence electrons. The van der Waals surface area contributed by atoms with Gasteiger partial charge in [0.25, 0.3) is 5.91 Å². The van der Waals surface area contributed by atoms with Crippen LogP contribution in [0, 0.1) is 0 Å². The summed E-state index contributed by atoms with van der Waals surface area (Å²) in [5, 5.41) is 4.04. The summed E-state index contributed by atoms with van der Waals surface area (Å²) in [7, 11) is 0. The number of amides is 1. The molecule has 0 spiro atoms. The van der Waals surface area contributed by atoms with Crippen molar-refractivity contribution in [2.75, 3.05) is 18.4 Å². The van der Waals surface area contributed by atoms with Crippen molar-refractivity contribution in [3.63, 3.8) is 0 Å². The van der Waals surface area contributed by atoms with E-state index in [0.29, 0.717) is 30.7 Å². The first-order valence-corrected chi connectivity index (χ1v) is 11.7. The van der Waals surface area contributed by atoms with Crippen LogP contribution in [0.5, 0.6) is 0 Å². The third-order valence-corrected chi connectivity index (χ3v) is 6.18. The van der Waals surface area contributed by atoms with Crippen molar-refractivity contribution < 1.29 is 4.79 Å². The summed E-state index contributed by atoms with van der Waals surface area (Å²) < 4.78 is 1.90. The van der Waals surface area contributed by atoms with Gasteiger partial charge in [0, 0.05) is 31.9 Å². The molecule has 6 heteroatoms. The van der Waals surface area contributed by atoms with Crippen molar-refractivity contribution in [2.45, 2.75) is 59.0 Å². The molecule has 6 nitrogen and oxygen atoms in total. The van der Waals surface area contributed by atoms with Crippen LogP contribution in [-0.4, -0.2) is 39.5 Å². The highest BCUT2D eigenvalue weighted by atomic mass is 16.2. The minimum absolute atomic E-state index is 0.188. The standard InChI is InChI=1S/C26H32N4O2/c1-4-11-30(12-5-2)26(32)23-17-29(6-3)25-22(24(23)31)15-21(16-27-25)28-20-13-18-9-7-8-10-19(18)14-20/h7-10,15-17,20,28H,4-6,11-14H2,1-3H3. The molecule has 0 saturated heterocycles. The van der Waals surface area contributed by atoms with Gasteiger partial charge in [-0.1, -0.05) is 38.1 Å². The number of benzene rings is 1. The predicted molar refractivity (Wildman–Crippen MR) is 129 cm³/mol. The van der Waals surface area contributed by atoms with Gasteiger partial charge < -0.3 is 14.8 Å². The average Bonchev–Trinajstić information content (AvgIpc) is 3.21. The van der Waals surface area contributed by atoms with E-state index < -0.39 is 0 Å². The minimum atomic E-state index is -0.238. The van der Waals surface area contributed by atoms with Crippen LogP contribution in [-0.2, 0) is 19.4 Å². The quantitative estimate of drug-likeness (QED) is 0.578. The smallest absolute Gasteiger partial charge is 0.259 e. The average molecular weight is 433 g/mol. The van der Waals surface area contributed by atoms with Gasteiger partial charge in [-0.05, 0) is 49.8 Å². The number of fused-ring (bicyclic) bond motifs is 2. The van der Waals surface area contributed by atoms with Crippen LogP contribution in [0.25, 0.3) is 11.0 Å². The second-order valence-electron chi connectivity index (χ2n) is 8.56. The summed E-state index contributed by atoms with van der Waals surface area (Å²) in [4.78, 5) is 33.0. The van der Waals surface area contributed by atoms with Gasteiger partial charge in [0.05, 0.1) is 17.3 Å². The predicted octanol–water partition coefficient (Wildman–Crippen LogP) is 4.26. The fraction of sp³-hybridized carbons (Fsp3) is 0.423. The monoisotopic (exact) mass is 432 g/mol. The van der Waals surface area contributed by atoms with Crippen LogP contribution in [0.1, 0.15) is 55.1 Å². The van der Waals surface area contributed by atoms with E-state index >= 15 is 0 Å². The number of anilines is 1. The summed E-state index contributed by atoms with van der Waals surface area (Å²) in [5.41, 5.74) is 4.16. The van der Waals surface area contributed by atoms with Gasteiger partial charge in [0.2, 0.25) is 5.43 Å². The normalized spacial score (nSPS) is 13.3. The molecule has 0 saturated carbocycles. The number of hydrogen-bond acceptors (Lipinski definition) is 4. The van der Waals surface area contributed by atoms with Crippen molar-refractivity contribution >= 4 is 22.6 Å². The first-order chi connectivity index (χ1) is 15.5. The Kier molecular flexibility index (Phi) is 6.58. The van der Waals surface area contributed by atoms with Crippen LogP contribution in [0.2, 0.25) is 0 Å². The van der Waals surface area contributed by atoms with Gasteiger partial charge in [-0.3, -0.25) is 9.59 Å². The number of hydrogen-bond donors (Lipinski definition) is 1. The van der Waals surface area contributed by atoms with Gasteiger partial charge in [-0.25, -0.2) is 4.98 Å². The first kappa shape index (κ1) is 22.1. The molecule has 0 bridgehead atoms. The van der Waals surface area contributed by atoms with Crippen LogP contribution in [0.15, 0.2) is 47.5 Å². The Morgan fingerprint density at radius 1 is 1.12 bits per heavy atom. The molecular weight excluding hydrogens is 400 g/mol. The van der Waals surface area contributed by atoms with Crippen molar-refractivity contribution in [3.05, 3.63) is 69.6 Å². The van der Waals surface area contributed by atoms with E-state index in [1.54, 1.807) is 17.3 Å². The van der Waals surface area contributed by atoms with E-state index in [9.17, 15) is 9.59 Å². The topological polar surface area (TPSA) is 67.2 Å². The largest absolute Gasteiger partial charge is 0.380 e. The molecule has 2 aromatic heterocycles. The van der Waals surface area contributed by atoms with Crippen molar-refractivity contribution in [1.29, 1.82) is 0 Å². The van der Waals surface area contributed by atoms with Gasteiger partial charge in [-0.15, -0.1) is 0 Å². The number of carbonyl (C=O) groups is 1. The fourth-order valence-corrected chi connectivity index (χ4v) is 4.67. The van der Waals surface area contributed by atoms with Crippen LogP contribution in [0.3, 0.4) is 0 Å². The lowest BCUT2D eigenvalue weighted by molar-refractivity contribution is 0.0753. The Hall–Kier alpha value is -3.15. The SMILES string of the molecule is CCCN(CCC)C(=O)c1cn(CC)c2ncc(NC3Cc4ccccc4C3)cc2c1=O. The van der Waals surface area contributed by atoms with Crippen LogP contribution < -0.4 is 10.7 Å². The van der Waals surface area contributed by atoms with Gasteiger partial charge >= 0.3 is 0 Å². The highest BCUT2D eigenvalue weighted by Crippen LogP contribution is 2.25. The summed E-state index contributed by atoms with van der Waals surface area (Å²) in [6, 6.07) is 10.6. The molecule has 0 unspecified atom stereocenters. The summed E-state index contributed by atoms with van der Waals surface area (Å²) in [6.07, 6.45) is 7.10. The number of rotatable bonds is 8. The fourth-order valence-electron chi connectivity index (χ4n) is 4.67. The molecule has 32 heavy (non-hydrogen) atoms. The summed E-state index contributed by atoms with van der Waals surface area (Å²) in [5.74, 6) is -0.188. The third kappa shape index (κ3) is 4.27. The van der Waals surface area contributed by atoms with Gasteiger partial charge in [-0.2, -0.15) is 0 Å². The van der Waals surface area contributed by atoms with Crippen LogP contribution in [0.4, 0.5) is 5.69 Å². The Labute approximate surface area is 189 Å². The first-order valence-electron chi connectivity index (χ1n) is 11.7. The lowest BCUT2D eigenvalue weighted by atomic mass is 10.1. The number of aromatic nitrogens is 2. The molecule has 1 amide bonds. The van der Waals surface area contributed by atoms with Gasteiger partial charge in [0.1, 0.15) is 11.2 Å². The highest BCUT2D eigenvalue weighted by molar-refractivity contribution is 5.97. The Morgan fingerprint density at radius 3 is 2.38 bits per heavy atom. The van der Waals surface area contributed by atoms with Crippen LogP contribution >= 0.6 is 0 Å². The Morgan fingerprint density at radius 2 is 1.78 bits per heavy atom. The van der Waals surface area contributed by atoms with E-state index in [1.165, 1.54) is 11.1 Å². The zero-order valence-electron chi connectivity index (χ0n) is 19.2. The molecule has 3 aromatic rings. The zero-order chi connectivity index (χ0) is 22.7. The zero-order valence-corrected chi connectivity index (χ0v) is 19.2. The lowest BCUT2D eigenvalue weighted by Gasteiger charge is -2.22. The number of carbonyl (C=O) groups excluding carboxylic acids is 1. The number of pyridine rings is 2. The molecule has 0 atom stereocenters. The van der Waals surface area contributed by atoms with E-state index in [4.69, 9.17) is 0 Å². The number of nitrogens with one attached hydrogen (secondary N) is 1. The minimum Gasteiger partial charge on any atom is -0.380 e. The summed E-state index contributed by atoms with van der Waals surface area (Å²) >= 11 is 0. The van der Waals surface area contributed by atoms with Crippen molar-refractivity contribution in [1.82, 2.24) is 14.5 Å². The molecule has 1 aliphatic rings. The maximum atomic E-state index is 13.4. The molecule has 0 fully saturated rings. The Bertz CT molecular complexity index is 1150. The molecule has 2 heterocycles.